The van der Waals surface area contributed by atoms with Gasteiger partial charge in [-0.25, -0.2) is 0 Å². The molecular formula is C10H20BF3KN. The normalized spacial score (nSPS) is 21.6. The standard InChI is InChI=1S/C10H20BF3N.K/c1-3-10(4-2)5-7-15(8-6-10)9-11(12,13)14;/h3-9H2,1-2H3;/q-1;+1. The average Bonchev–Trinajstić information content (AvgIpc) is 2.17. The fourth-order valence-corrected chi connectivity index (χ4v) is 2.46. The summed E-state index contributed by atoms with van der Waals surface area (Å²) in [4.78, 5) is 1.56. The first-order valence-corrected chi connectivity index (χ1v) is 5.84. The maximum atomic E-state index is 12.2. The van der Waals surface area contributed by atoms with Crippen LogP contribution in [0.2, 0.25) is 0 Å². The Morgan fingerprint density at radius 2 is 1.50 bits per heavy atom. The summed E-state index contributed by atoms with van der Waals surface area (Å²) in [5.74, 6) is 0. The summed E-state index contributed by atoms with van der Waals surface area (Å²) >= 11 is 0. The van der Waals surface area contributed by atoms with Crippen molar-refractivity contribution in [3.63, 3.8) is 0 Å². The molecule has 0 radical (unpaired) electrons. The third-order valence-corrected chi connectivity index (χ3v) is 3.88. The Labute approximate surface area is 139 Å². The van der Waals surface area contributed by atoms with Crippen LogP contribution in [0.4, 0.5) is 12.9 Å². The zero-order chi connectivity index (χ0) is 11.5. The molecule has 0 aromatic heterocycles. The van der Waals surface area contributed by atoms with Crippen LogP contribution in [0.1, 0.15) is 39.5 Å². The van der Waals surface area contributed by atoms with Crippen molar-refractivity contribution in [2.45, 2.75) is 39.5 Å². The van der Waals surface area contributed by atoms with E-state index >= 15 is 0 Å². The number of nitrogens with zero attached hydrogens (tertiary/aromatic N) is 1. The maximum absolute atomic E-state index is 12.2. The van der Waals surface area contributed by atoms with E-state index in [1.54, 1.807) is 4.90 Å². The van der Waals surface area contributed by atoms with Gasteiger partial charge in [-0.3, -0.25) is 0 Å². The zero-order valence-corrected chi connectivity index (χ0v) is 13.7. The second-order valence-corrected chi connectivity index (χ2v) is 4.72. The van der Waals surface area contributed by atoms with Crippen LogP contribution in [0.25, 0.3) is 0 Å². The fourth-order valence-electron chi connectivity index (χ4n) is 2.46. The number of hydrogen-bond donors (Lipinski definition) is 0. The van der Waals surface area contributed by atoms with Gasteiger partial charge in [0, 0.05) is 0 Å². The minimum absolute atomic E-state index is 0. The van der Waals surface area contributed by atoms with Crippen molar-refractivity contribution in [2.75, 3.05) is 19.5 Å². The summed E-state index contributed by atoms with van der Waals surface area (Å²) in [6.45, 7) is 0.872. The molecule has 1 aliphatic heterocycles. The molecule has 1 nitrogen and oxygen atoms in total. The summed E-state index contributed by atoms with van der Waals surface area (Å²) in [7, 11) is 0. The minimum Gasteiger partial charge on any atom is -0.448 e. The Morgan fingerprint density at radius 1 is 1.06 bits per heavy atom. The number of likely N-dealkylation sites (tertiary alicyclic amines) is 1. The van der Waals surface area contributed by atoms with Crippen molar-refractivity contribution >= 4 is 6.98 Å². The molecule has 1 heterocycles. The molecule has 0 aromatic carbocycles. The molecule has 0 amide bonds. The summed E-state index contributed by atoms with van der Waals surface area (Å²) in [5, 5.41) is 0. The van der Waals surface area contributed by atoms with Gasteiger partial charge < -0.3 is 17.8 Å². The van der Waals surface area contributed by atoms with E-state index in [2.05, 4.69) is 13.8 Å². The predicted octanol–water partition coefficient (Wildman–Crippen LogP) is 0.279. The quantitative estimate of drug-likeness (QED) is 0.657. The van der Waals surface area contributed by atoms with Gasteiger partial charge in [-0.05, 0) is 37.8 Å². The van der Waals surface area contributed by atoms with Gasteiger partial charge in [0.2, 0.25) is 0 Å². The molecule has 0 N–H and O–H groups in total. The molecule has 0 aromatic rings. The van der Waals surface area contributed by atoms with Gasteiger partial charge in [-0.1, -0.05) is 26.7 Å². The smallest absolute Gasteiger partial charge is 0.448 e. The zero-order valence-electron chi connectivity index (χ0n) is 10.6. The fraction of sp³-hybridized carbons (Fsp3) is 1.00. The van der Waals surface area contributed by atoms with Crippen LogP contribution in [-0.2, 0) is 0 Å². The van der Waals surface area contributed by atoms with Gasteiger partial charge in [0.25, 0.3) is 0 Å². The third kappa shape index (κ3) is 5.40. The number of hydrogen-bond acceptors (Lipinski definition) is 1. The van der Waals surface area contributed by atoms with Crippen LogP contribution in [0.5, 0.6) is 0 Å². The Hall–Kier alpha value is 1.45. The Morgan fingerprint density at radius 3 is 1.81 bits per heavy atom. The molecule has 0 atom stereocenters. The van der Waals surface area contributed by atoms with Crippen LogP contribution < -0.4 is 51.4 Å². The summed E-state index contributed by atoms with van der Waals surface area (Å²) in [6, 6.07) is 0. The van der Waals surface area contributed by atoms with Crippen molar-refractivity contribution < 1.29 is 64.3 Å². The largest absolute Gasteiger partial charge is 1.00 e. The molecular weight excluding hydrogens is 241 g/mol. The van der Waals surface area contributed by atoms with Gasteiger partial charge in [0.05, 0.1) is 0 Å². The van der Waals surface area contributed by atoms with E-state index in [1.807, 2.05) is 0 Å². The molecule has 0 bridgehead atoms. The first kappa shape index (κ1) is 17.5. The SMILES string of the molecule is CCC1(CC)CCN(C[B-](F)(F)F)CC1.[K+]. The molecule has 1 aliphatic rings. The minimum atomic E-state index is -4.65. The second kappa shape index (κ2) is 7.14. The van der Waals surface area contributed by atoms with E-state index in [1.165, 1.54) is 0 Å². The van der Waals surface area contributed by atoms with E-state index in [4.69, 9.17) is 0 Å². The molecule has 1 fully saturated rings. The van der Waals surface area contributed by atoms with E-state index in [9.17, 15) is 12.9 Å². The number of piperidine rings is 1. The van der Waals surface area contributed by atoms with Gasteiger partial charge in [-0.2, -0.15) is 0 Å². The Bertz CT molecular complexity index is 197. The van der Waals surface area contributed by atoms with E-state index in [-0.39, 0.29) is 51.4 Å². The van der Waals surface area contributed by atoms with Gasteiger partial charge >= 0.3 is 58.4 Å². The van der Waals surface area contributed by atoms with Crippen LogP contribution in [0.3, 0.4) is 0 Å². The van der Waals surface area contributed by atoms with Crippen molar-refractivity contribution in [3.05, 3.63) is 0 Å². The average molecular weight is 261 g/mol. The van der Waals surface area contributed by atoms with Gasteiger partial charge in [0.1, 0.15) is 0 Å². The van der Waals surface area contributed by atoms with Crippen molar-refractivity contribution in [1.29, 1.82) is 0 Å². The number of rotatable bonds is 4. The van der Waals surface area contributed by atoms with Crippen molar-refractivity contribution in [2.24, 2.45) is 5.41 Å². The molecule has 0 unspecified atom stereocenters. The van der Waals surface area contributed by atoms with Crippen molar-refractivity contribution in [1.82, 2.24) is 4.90 Å². The monoisotopic (exact) mass is 261 g/mol. The molecule has 1 saturated heterocycles. The summed E-state index contributed by atoms with van der Waals surface area (Å²) < 4.78 is 36.7. The Balaban J connectivity index is 0.00000225. The first-order valence-electron chi connectivity index (χ1n) is 5.84. The predicted molar refractivity (Wildman–Crippen MR) is 57.8 cm³/mol. The molecule has 0 aliphatic carbocycles. The van der Waals surface area contributed by atoms with E-state index < -0.39 is 13.4 Å². The van der Waals surface area contributed by atoms with Gasteiger partial charge in [0.15, 0.2) is 0 Å². The van der Waals surface area contributed by atoms with Crippen LogP contribution in [0.15, 0.2) is 0 Å². The molecule has 1 rings (SSSR count). The maximum Gasteiger partial charge on any atom is 1.00 e. The topological polar surface area (TPSA) is 3.24 Å². The van der Waals surface area contributed by atoms with Crippen LogP contribution >= 0.6 is 0 Å². The van der Waals surface area contributed by atoms with Gasteiger partial charge in [-0.15, -0.1) is 0 Å². The second-order valence-electron chi connectivity index (χ2n) is 4.72. The van der Waals surface area contributed by atoms with Crippen LogP contribution in [0, 0.1) is 5.41 Å². The molecule has 90 valence electrons. The number of halogens is 3. The molecule has 6 heteroatoms. The van der Waals surface area contributed by atoms with Crippen LogP contribution in [-0.4, -0.2) is 31.4 Å². The first-order chi connectivity index (χ1) is 6.91. The van der Waals surface area contributed by atoms with Crippen molar-refractivity contribution in [3.8, 4) is 0 Å². The summed E-state index contributed by atoms with van der Waals surface area (Å²) in [5.41, 5.74) is 0.315. The van der Waals surface area contributed by atoms with E-state index in [0.29, 0.717) is 18.5 Å². The summed E-state index contributed by atoms with van der Waals surface area (Å²) in [6.07, 6.45) is 3.35. The van der Waals surface area contributed by atoms with E-state index in [0.717, 1.165) is 25.7 Å². The molecule has 0 saturated carbocycles. The molecule has 0 spiro atoms. The third-order valence-electron chi connectivity index (χ3n) is 3.88. The molecule has 16 heavy (non-hydrogen) atoms. The Kier molecular flexibility index (Phi) is 7.79.